The zero-order chi connectivity index (χ0) is 17.6. The summed E-state index contributed by atoms with van der Waals surface area (Å²) in [6.07, 6.45) is -4.67. The summed E-state index contributed by atoms with van der Waals surface area (Å²) in [7, 11) is 0. The molecule has 1 saturated heterocycles. The maximum atomic E-state index is 12.6. The van der Waals surface area contributed by atoms with E-state index in [1.54, 1.807) is 6.92 Å². The van der Waals surface area contributed by atoms with Crippen LogP contribution in [-0.4, -0.2) is 35.0 Å². The lowest BCUT2D eigenvalue weighted by Crippen LogP contribution is -2.52. The van der Waals surface area contributed by atoms with Crippen LogP contribution >= 0.6 is 0 Å². The highest BCUT2D eigenvalue weighted by atomic mass is 19.4. The minimum atomic E-state index is -4.88. The molecule has 3 rings (SSSR count). The first-order valence-corrected chi connectivity index (χ1v) is 7.20. The second kappa shape index (κ2) is 5.50. The highest BCUT2D eigenvalue weighted by molar-refractivity contribution is 6.06. The van der Waals surface area contributed by atoms with E-state index < -0.39 is 35.9 Å². The number of nitrogens with one attached hydrogen (secondary N) is 1. The lowest BCUT2D eigenvalue weighted by atomic mass is 10.0. The number of halogens is 3. The molecule has 128 valence electrons. The van der Waals surface area contributed by atoms with E-state index in [-0.39, 0.29) is 30.5 Å². The maximum absolute atomic E-state index is 12.6. The quantitative estimate of drug-likeness (QED) is 0.830. The minimum absolute atomic E-state index is 0.0709. The van der Waals surface area contributed by atoms with Gasteiger partial charge in [-0.25, -0.2) is 0 Å². The number of piperidine rings is 1. The predicted octanol–water partition coefficient (Wildman–Crippen LogP) is 1.65. The molecular weight excluding hydrogens is 329 g/mol. The minimum Gasteiger partial charge on any atom is -0.405 e. The first-order chi connectivity index (χ1) is 11.2. The number of hydrogen-bond acceptors (Lipinski definition) is 4. The molecule has 0 radical (unpaired) electrons. The van der Waals surface area contributed by atoms with Gasteiger partial charge < -0.3 is 9.64 Å². The van der Waals surface area contributed by atoms with Crippen LogP contribution in [0.15, 0.2) is 12.1 Å². The molecule has 1 fully saturated rings. The number of nitrogens with zero attached hydrogens (tertiary/aromatic N) is 1. The summed E-state index contributed by atoms with van der Waals surface area (Å²) < 4.78 is 41.6. The van der Waals surface area contributed by atoms with E-state index in [4.69, 9.17) is 0 Å². The lowest BCUT2D eigenvalue weighted by molar-refractivity contribution is -0.275. The van der Waals surface area contributed by atoms with E-state index in [1.165, 1.54) is 11.0 Å². The summed E-state index contributed by atoms with van der Waals surface area (Å²) >= 11 is 0. The number of fused-ring (bicyclic) bond motifs is 1. The van der Waals surface area contributed by atoms with Crippen LogP contribution in [-0.2, 0) is 16.1 Å². The first kappa shape index (κ1) is 16.3. The highest BCUT2D eigenvalue weighted by Crippen LogP contribution is 2.37. The first-order valence-electron chi connectivity index (χ1n) is 7.20. The monoisotopic (exact) mass is 342 g/mol. The smallest absolute Gasteiger partial charge is 0.405 e. The number of alkyl halides is 3. The topological polar surface area (TPSA) is 75.7 Å². The average Bonchev–Trinajstić information content (AvgIpc) is 2.80. The van der Waals surface area contributed by atoms with Crippen molar-refractivity contribution in [1.82, 2.24) is 10.2 Å². The predicted molar refractivity (Wildman–Crippen MR) is 73.9 cm³/mol. The Morgan fingerprint density at radius 1 is 1.25 bits per heavy atom. The lowest BCUT2D eigenvalue weighted by Gasteiger charge is -2.29. The van der Waals surface area contributed by atoms with Crippen LogP contribution in [0, 0.1) is 6.92 Å². The molecule has 0 aliphatic carbocycles. The number of amides is 3. The number of rotatable bonds is 2. The van der Waals surface area contributed by atoms with Crippen molar-refractivity contribution in [1.29, 1.82) is 0 Å². The van der Waals surface area contributed by atoms with Gasteiger partial charge in [0.05, 0.1) is 12.1 Å². The van der Waals surface area contributed by atoms with Crippen molar-refractivity contribution in [2.45, 2.75) is 38.7 Å². The Morgan fingerprint density at radius 3 is 2.58 bits per heavy atom. The van der Waals surface area contributed by atoms with Gasteiger partial charge in [0, 0.05) is 12.0 Å². The molecule has 2 aliphatic heterocycles. The van der Waals surface area contributed by atoms with E-state index in [9.17, 15) is 27.6 Å². The molecule has 0 spiro atoms. The van der Waals surface area contributed by atoms with Gasteiger partial charge in [0.15, 0.2) is 0 Å². The van der Waals surface area contributed by atoms with Crippen molar-refractivity contribution in [3.8, 4) is 5.75 Å². The van der Waals surface area contributed by atoms with Crippen LogP contribution < -0.4 is 10.1 Å². The van der Waals surface area contributed by atoms with Crippen molar-refractivity contribution in [2.24, 2.45) is 0 Å². The van der Waals surface area contributed by atoms with Crippen molar-refractivity contribution < 1.29 is 32.3 Å². The van der Waals surface area contributed by atoms with Crippen molar-refractivity contribution in [3.05, 3.63) is 28.8 Å². The molecule has 1 unspecified atom stereocenters. The molecule has 0 saturated carbocycles. The fraction of sp³-hybridized carbons (Fsp3) is 0.400. The van der Waals surface area contributed by atoms with E-state index in [1.807, 2.05) is 0 Å². The Morgan fingerprint density at radius 2 is 1.96 bits per heavy atom. The second-order valence-corrected chi connectivity index (χ2v) is 5.68. The van der Waals surface area contributed by atoms with Gasteiger partial charge in [-0.2, -0.15) is 0 Å². The zero-order valence-corrected chi connectivity index (χ0v) is 12.6. The number of hydrogen-bond donors (Lipinski definition) is 1. The summed E-state index contributed by atoms with van der Waals surface area (Å²) in [5, 5.41) is 2.14. The van der Waals surface area contributed by atoms with Crippen LogP contribution in [0.4, 0.5) is 13.2 Å². The van der Waals surface area contributed by atoms with Gasteiger partial charge in [0.25, 0.3) is 5.91 Å². The molecule has 0 bridgehead atoms. The van der Waals surface area contributed by atoms with Gasteiger partial charge in [-0.1, -0.05) is 6.07 Å². The van der Waals surface area contributed by atoms with Crippen LogP contribution in [0.3, 0.4) is 0 Å². The molecule has 1 aromatic rings. The number of ether oxygens (including phenoxy) is 1. The SMILES string of the molecule is Cc1ccc(OC(F)(F)F)c2c1C(=O)N(C1CCC(=O)NC1=O)C2. The summed E-state index contributed by atoms with van der Waals surface area (Å²) in [5.41, 5.74) is 0.711. The zero-order valence-electron chi connectivity index (χ0n) is 12.6. The molecule has 1 atom stereocenters. The Labute approximate surface area is 134 Å². The molecule has 24 heavy (non-hydrogen) atoms. The number of carbonyl (C=O) groups excluding carboxylic acids is 3. The van der Waals surface area contributed by atoms with E-state index in [0.717, 1.165) is 6.07 Å². The Bertz CT molecular complexity index is 745. The summed E-state index contributed by atoms with van der Waals surface area (Å²) in [5.74, 6) is -2.04. The maximum Gasteiger partial charge on any atom is 0.573 e. The number of imide groups is 1. The molecule has 9 heteroatoms. The fourth-order valence-corrected chi connectivity index (χ4v) is 3.04. The Balaban J connectivity index is 1.94. The molecule has 3 amide bonds. The standard InChI is InChI=1S/C15H13F3N2O4/c1-7-2-4-10(24-15(16,17)18)8-6-20(14(23)12(7)8)9-3-5-11(21)19-13(9)22/h2,4,9H,3,5-6H2,1H3,(H,19,21,22). The normalized spacial score (nSPS) is 20.9. The second-order valence-electron chi connectivity index (χ2n) is 5.68. The molecule has 1 N–H and O–H groups in total. The van der Waals surface area contributed by atoms with Crippen molar-refractivity contribution in [3.63, 3.8) is 0 Å². The third-order valence-electron chi connectivity index (χ3n) is 4.09. The third-order valence-corrected chi connectivity index (χ3v) is 4.09. The molecule has 6 nitrogen and oxygen atoms in total. The molecule has 2 heterocycles. The van der Waals surface area contributed by atoms with Crippen LogP contribution in [0.2, 0.25) is 0 Å². The largest absolute Gasteiger partial charge is 0.573 e. The summed E-state index contributed by atoms with van der Waals surface area (Å²) in [4.78, 5) is 36.9. The van der Waals surface area contributed by atoms with Gasteiger partial charge in [-0.15, -0.1) is 13.2 Å². The fourth-order valence-electron chi connectivity index (χ4n) is 3.04. The van der Waals surface area contributed by atoms with Crippen molar-refractivity contribution in [2.75, 3.05) is 0 Å². The number of benzene rings is 1. The van der Waals surface area contributed by atoms with E-state index in [0.29, 0.717) is 5.56 Å². The van der Waals surface area contributed by atoms with E-state index >= 15 is 0 Å². The molecule has 0 aromatic heterocycles. The highest BCUT2D eigenvalue weighted by Gasteiger charge is 2.42. The summed E-state index contributed by atoms with van der Waals surface area (Å²) in [6.45, 7) is 1.43. The summed E-state index contributed by atoms with van der Waals surface area (Å²) in [6, 6.07) is 1.63. The van der Waals surface area contributed by atoms with Gasteiger partial charge in [-0.3, -0.25) is 19.7 Å². The van der Waals surface area contributed by atoms with Crippen LogP contribution in [0.5, 0.6) is 5.75 Å². The number of carbonyl (C=O) groups is 3. The molecule has 1 aromatic carbocycles. The van der Waals surface area contributed by atoms with Gasteiger partial charge in [0.2, 0.25) is 11.8 Å². The third kappa shape index (κ3) is 2.81. The molecular formula is C15H13F3N2O4. The number of aryl methyl sites for hydroxylation is 1. The van der Waals surface area contributed by atoms with Gasteiger partial charge >= 0.3 is 6.36 Å². The van der Waals surface area contributed by atoms with Crippen LogP contribution in [0.1, 0.15) is 34.3 Å². The van der Waals surface area contributed by atoms with E-state index in [2.05, 4.69) is 10.1 Å². The van der Waals surface area contributed by atoms with Crippen molar-refractivity contribution >= 4 is 17.7 Å². The Hall–Kier alpha value is -2.58. The molecule has 2 aliphatic rings. The average molecular weight is 342 g/mol. The van der Waals surface area contributed by atoms with Gasteiger partial charge in [-0.05, 0) is 25.0 Å². The van der Waals surface area contributed by atoms with Gasteiger partial charge in [0.1, 0.15) is 11.8 Å². The van der Waals surface area contributed by atoms with Crippen LogP contribution in [0.25, 0.3) is 0 Å². The Kier molecular flexibility index (Phi) is 3.73.